The van der Waals surface area contributed by atoms with Crippen LogP contribution in [-0.4, -0.2) is 50.4 Å². The van der Waals surface area contributed by atoms with E-state index >= 15 is 0 Å². The van der Waals surface area contributed by atoms with E-state index in [0.717, 1.165) is 22.6 Å². The van der Waals surface area contributed by atoms with Crippen LogP contribution >= 0.6 is 11.8 Å². The van der Waals surface area contributed by atoms with Crippen molar-refractivity contribution in [2.24, 2.45) is 0 Å². The Morgan fingerprint density at radius 2 is 1.93 bits per heavy atom. The largest absolute Gasteiger partial charge is 0.494 e. The third kappa shape index (κ3) is 5.35. The molecule has 0 unspecified atom stereocenters. The highest BCUT2D eigenvalue weighted by Gasteiger charge is 2.15. The minimum atomic E-state index is 0.0130. The number of amides is 1. The number of aromatic nitrogens is 4. The van der Waals surface area contributed by atoms with Gasteiger partial charge in [0, 0.05) is 13.6 Å². The number of benzene rings is 2. The van der Waals surface area contributed by atoms with Gasteiger partial charge in [0.1, 0.15) is 5.75 Å². The zero-order valence-electron chi connectivity index (χ0n) is 17.1. The zero-order chi connectivity index (χ0) is 20.8. The summed E-state index contributed by atoms with van der Waals surface area (Å²) in [6.07, 6.45) is 0. The van der Waals surface area contributed by atoms with Crippen LogP contribution in [0.1, 0.15) is 23.6 Å². The van der Waals surface area contributed by atoms with Crippen LogP contribution < -0.4 is 4.74 Å². The molecule has 0 saturated carbocycles. The number of hydrogen-bond donors (Lipinski definition) is 0. The van der Waals surface area contributed by atoms with E-state index in [-0.39, 0.29) is 11.7 Å². The molecule has 0 aliphatic heterocycles. The molecule has 0 radical (unpaired) electrons. The third-order valence-electron chi connectivity index (χ3n) is 4.43. The number of nitrogens with zero attached hydrogens (tertiary/aromatic N) is 5. The van der Waals surface area contributed by atoms with Crippen molar-refractivity contribution in [3.05, 3.63) is 59.2 Å². The Kier molecular flexibility index (Phi) is 6.87. The number of carbonyl (C=O) groups excluding carboxylic acids is 1. The third-order valence-corrected chi connectivity index (χ3v) is 5.33. The van der Waals surface area contributed by atoms with Crippen molar-refractivity contribution in [2.75, 3.05) is 19.4 Å². The lowest BCUT2D eigenvalue weighted by atomic mass is 10.1. The van der Waals surface area contributed by atoms with Crippen molar-refractivity contribution in [1.82, 2.24) is 25.1 Å². The molecule has 152 valence electrons. The molecule has 8 heteroatoms. The molecule has 0 aliphatic carbocycles. The molecule has 7 nitrogen and oxygen atoms in total. The van der Waals surface area contributed by atoms with Gasteiger partial charge in [-0.2, -0.15) is 4.68 Å². The molecule has 0 bridgehead atoms. The van der Waals surface area contributed by atoms with E-state index in [1.165, 1.54) is 17.3 Å². The summed E-state index contributed by atoms with van der Waals surface area (Å²) in [5.74, 6) is 1.11. The summed E-state index contributed by atoms with van der Waals surface area (Å²) in [6.45, 7) is 7.19. The Hall–Kier alpha value is -2.87. The number of thioether (sulfide) groups is 1. The summed E-state index contributed by atoms with van der Waals surface area (Å²) < 4.78 is 7.13. The van der Waals surface area contributed by atoms with Crippen LogP contribution in [0.4, 0.5) is 0 Å². The summed E-state index contributed by atoms with van der Waals surface area (Å²) in [6, 6.07) is 13.9. The van der Waals surface area contributed by atoms with Gasteiger partial charge in [0.05, 0.1) is 18.0 Å². The molecule has 3 aromatic rings. The summed E-state index contributed by atoms with van der Waals surface area (Å²) in [4.78, 5) is 14.3. The zero-order valence-corrected chi connectivity index (χ0v) is 17.9. The molecular formula is C21H25N5O2S. The first-order valence-corrected chi connectivity index (χ1v) is 10.4. The van der Waals surface area contributed by atoms with E-state index in [1.807, 2.05) is 57.2 Å². The van der Waals surface area contributed by atoms with Gasteiger partial charge in [0.2, 0.25) is 11.1 Å². The maximum Gasteiger partial charge on any atom is 0.233 e. The Labute approximate surface area is 175 Å². The second-order valence-corrected chi connectivity index (χ2v) is 7.72. The lowest BCUT2D eigenvalue weighted by Gasteiger charge is -2.17. The van der Waals surface area contributed by atoms with Crippen LogP contribution in [0.3, 0.4) is 0 Å². The van der Waals surface area contributed by atoms with Crippen LogP contribution in [-0.2, 0) is 11.3 Å². The van der Waals surface area contributed by atoms with Gasteiger partial charge in [-0.1, -0.05) is 41.6 Å². The van der Waals surface area contributed by atoms with E-state index in [2.05, 4.69) is 21.6 Å². The average molecular weight is 412 g/mol. The molecule has 2 aromatic carbocycles. The predicted molar refractivity (Wildman–Crippen MR) is 113 cm³/mol. The van der Waals surface area contributed by atoms with Crippen LogP contribution in [0.15, 0.2) is 47.6 Å². The highest BCUT2D eigenvalue weighted by molar-refractivity contribution is 7.99. The van der Waals surface area contributed by atoms with Crippen LogP contribution in [0.5, 0.6) is 5.75 Å². The Morgan fingerprint density at radius 1 is 1.17 bits per heavy atom. The predicted octanol–water partition coefficient (Wildman–Crippen LogP) is 3.43. The summed E-state index contributed by atoms with van der Waals surface area (Å²) >= 11 is 1.33. The summed E-state index contributed by atoms with van der Waals surface area (Å²) in [5.41, 5.74) is 4.23. The van der Waals surface area contributed by atoms with E-state index in [9.17, 15) is 4.79 Å². The number of carbonyl (C=O) groups is 1. The molecule has 29 heavy (non-hydrogen) atoms. The van der Waals surface area contributed by atoms with Gasteiger partial charge in [-0.25, -0.2) is 0 Å². The second-order valence-electron chi connectivity index (χ2n) is 6.78. The van der Waals surface area contributed by atoms with E-state index in [1.54, 1.807) is 16.6 Å². The SMILES string of the molecule is CCOc1ccc(CN(C)C(=O)CSc2nnnn2-c2ccc(C)cc2C)cc1. The van der Waals surface area contributed by atoms with Crippen LogP contribution in [0.25, 0.3) is 5.69 Å². The summed E-state index contributed by atoms with van der Waals surface area (Å²) in [5, 5.41) is 12.5. The highest BCUT2D eigenvalue weighted by Crippen LogP contribution is 2.22. The average Bonchev–Trinajstić information content (AvgIpc) is 3.16. The number of rotatable bonds is 8. The molecule has 0 aliphatic rings. The minimum Gasteiger partial charge on any atom is -0.494 e. The van der Waals surface area contributed by atoms with E-state index < -0.39 is 0 Å². The first-order valence-electron chi connectivity index (χ1n) is 9.42. The molecule has 0 N–H and O–H groups in total. The first-order chi connectivity index (χ1) is 14.0. The fourth-order valence-electron chi connectivity index (χ4n) is 2.92. The standard InChI is InChI=1S/C21H25N5O2S/c1-5-28-18-9-7-17(8-10-18)13-25(4)20(27)14-29-21-22-23-24-26(21)19-11-6-15(2)12-16(19)3/h6-12H,5,13-14H2,1-4H3. The molecule has 0 fully saturated rings. The number of aryl methyl sites for hydroxylation is 2. The Bertz CT molecular complexity index is 971. The van der Waals surface area contributed by atoms with E-state index in [0.29, 0.717) is 18.3 Å². The van der Waals surface area contributed by atoms with Crippen molar-refractivity contribution >= 4 is 17.7 Å². The molecule has 0 atom stereocenters. The van der Waals surface area contributed by atoms with Gasteiger partial charge in [-0.15, -0.1) is 5.10 Å². The monoisotopic (exact) mass is 411 g/mol. The van der Waals surface area contributed by atoms with Crippen molar-refractivity contribution in [1.29, 1.82) is 0 Å². The maximum absolute atomic E-state index is 12.6. The van der Waals surface area contributed by atoms with Gasteiger partial charge in [0.15, 0.2) is 0 Å². The minimum absolute atomic E-state index is 0.0130. The second kappa shape index (κ2) is 9.56. The fraction of sp³-hybridized carbons (Fsp3) is 0.333. The highest BCUT2D eigenvalue weighted by atomic mass is 32.2. The number of ether oxygens (including phenoxy) is 1. The van der Waals surface area contributed by atoms with Crippen LogP contribution in [0, 0.1) is 13.8 Å². The lowest BCUT2D eigenvalue weighted by Crippen LogP contribution is -2.27. The fourth-order valence-corrected chi connectivity index (χ4v) is 3.74. The van der Waals surface area contributed by atoms with Gasteiger partial charge < -0.3 is 9.64 Å². The van der Waals surface area contributed by atoms with Gasteiger partial charge >= 0.3 is 0 Å². The molecule has 1 heterocycles. The first kappa shape index (κ1) is 20.9. The molecular weight excluding hydrogens is 386 g/mol. The van der Waals surface area contributed by atoms with Gasteiger partial charge in [0.25, 0.3) is 0 Å². The van der Waals surface area contributed by atoms with Crippen molar-refractivity contribution in [2.45, 2.75) is 32.5 Å². The molecule has 1 aromatic heterocycles. The van der Waals surface area contributed by atoms with Crippen molar-refractivity contribution in [3.8, 4) is 11.4 Å². The quantitative estimate of drug-likeness (QED) is 0.529. The maximum atomic E-state index is 12.6. The van der Waals surface area contributed by atoms with Crippen LogP contribution in [0.2, 0.25) is 0 Å². The summed E-state index contributed by atoms with van der Waals surface area (Å²) in [7, 11) is 1.80. The molecule has 3 rings (SSSR count). The number of tetrazole rings is 1. The Balaban J connectivity index is 1.60. The number of hydrogen-bond acceptors (Lipinski definition) is 6. The van der Waals surface area contributed by atoms with Gasteiger partial charge in [-0.3, -0.25) is 4.79 Å². The lowest BCUT2D eigenvalue weighted by molar-refractivity contribution is -0.127. The molecule has 0 spiro atoms. The molecule has 1 amide bonds. The topological polar surface area (TPSA) is 73.1 Å². The van der Waals surface area contributed by atoms with E-state index in [4.69, 9.17) is 4.74 Å². The van der Waals surface area contributed by atoms with Gasteiger partial charge in [-0.05, 0) is 60.5 Å². The Morgan fingerprint density at radius 3 is 2.62 bits per heavy atom. The normalized spacial score (nSPS) is 10.8. The molecule has 0 saturated heterocycles. The van der Waals surface area contributed by atoms with Crippen molar-refractivity contribution < 1.29 is 9.53 Å². The van der Waals surface area contributed by atoms with Crippen molar-refractivity contribution in [3.63, 3.8) is 0 Å². The smallest absolute Gasteiger partial charge is 0.233 e.